The molecule has 4 heteroatoms. The van der Waals surface area contributed by atoms with E-state index in [1.54, 1.807) is 7.11 Å². The molecule has 1 fully saturated rings. The SMILES string of the molecule is CCCCOc1cc(C2CNC(=S)C2)ccc1OC. The second-order valence-corrected chi connectivity index (χ2v) is 5.31. The molecule has 1 unspecified atom stereocenters. The number of benzene rings is 1. The first-order chi connectivity index (χ1) is 9.24. The Hall–Kier alpha value is -1.29. The number of nitrogens with one attached hydrogen (secondary N) is 1. The highest BCUT2D eigenvalue weighted by Crippen LogP contribution is 2.33. The van der Waals surface area contributed by atoms with Crippen molar-refractivity contribution in [2.24, 2.45) is 0 Å². The minimum atomic E-state index is 0.451. The Morgan fingerprint density at radius 1 is 1.37 bits per heavy atom. The van der Waals surface area contributed by atoms with Crippen LogP contribution in [0.4, 0.5) is 0 Å². The van der Waals surface area contributed by atoms with Crippen LogP contribution in [-0.4, -0.2) is 25.2 Å². The van der Waals surface area contributed by atoms with Crippen LogP contribution >= 0.6 is 12.2 Å². The predicted molar refractivity (Wildman–Crippen MR) is 81.4 cm³/mol. The molecular formula is C15H21NO2S. The van der Waals surface area contributed by atoms with Gasteiger partial charge in [0.15, 0.2) is 11.5 Å². The highest BCUT2D eigenvalue weighted by molar-refractivity contribution is 7.80. The maximum absolute atomic E-state index is 5.82. The molecule has 1 aliphatic heterocycles. The van der Waals surface area contributed by atoms with E-state index in [1.165, 1.54) is 5.56 Å². The first-order valence-corrected chi connectivity index (χ1v) is 7.22. The zero-order chi connectivity index (χ0) is 13.7. The molecule has 0 spiro atoms. The van der Waals surface area contributed by atoms with E-state index < -0.39 is 0 Å². The summed E-state index contributed by atoms with van der Waals surface area (Å²) in [6, 6.07) is 6.18. The van der Waals surface area contributed by atoms with Gasteiger partial charge in [0.25, 0.3) is 0 Å². The molecule has 1 aromatic carbocycles. The highest BCUT2D eigenvalue weighted by Gasteiger charge is 2.21. The second kappa shape index (κ2) is 6.75. The third kappa shape index (κ3) is 3.60. The van der Waals surface area contributed by atoms with Gasteiger partial charge < -0.3 is 14.8 Å². The van der Waals surface area contributed by atoms with Gasteiger partial charge in [-0.3, -0.25) is 0 Å². The Balaban J connectivity index is 2.12. The molecule has 1 aliphatic rings. The zero-order valence-corrected chi connectivity index (χ0v) is 12.4. The summed E-state index contributed by atoms with van der Waals surface area (Å²) in [6.45, 7) is 3.80. The van der Waals surface area contributed by atoms with Crippen LogP contribution in [0.5, 0.6) is 11.5 Å². The molecule has 0 bridgehead atoms. The minimum absolute atomic E-state index is 0.451. The molecule has 0 amide bonds. The van der Waals surface area contributed by atoms with Gasteiger partial charge in [0.1, 0.15) is 0 Å². The highest BCUT2D eigenvalue weighted by atomic mass is 32.1. The molecule has 0 saturated carbocycles. The molecule has 1 heterocycles. The molecular weight excluding hydrogens is 258 g/mol. The summed E-state index contributed by atoms with van der Waals surface area (Å²) in [5.41, 5.74) is 1.26. The quantitative estimate of drug-likeness (QED) is 0.639. The summed E-state index contributed by atoms with van der Waals surface area (Å²) >= 11 is 5.20. The van der Waals surface area contributed by atoms with Crippen molar-refractivity contribution in [3.8, 4) is 11.5 Å². The van der Waals surface area contributed by atoms with Gasteiger partial charge in [-0.1, -0.05) is 31.6 Å². The minimum Gasteiger partial charge on any atom is -0.493 e. The molecule has 1 saturated heterocycles. The van der Waals surface area contributed by atoms with Crippen LogP contribution in [0, 0.1) is 0 Å². The predicted octanol–water partition coefficient (Wildman–Crippen LogP) is 3.28. The van der Waals surface area contributed by atoms with Crippen molar-refractivity contribution in [1.82, 2.24) is 5.32 Å². The molecule has 1 aromatic rings. The van der Waals surface area contributed by atoms with E-state index in [0.717, 1.165) is 48.9 Å². The van der Waals surface area contributed by atoms with Gasteiger partial charge in [-0.25, -0.2) is 0 Å². The van der Waals surface area contributed by atoms with Crippen LogP contribution in [0.3, 0.4) is 0 Å². The average Bonchev–Trinajstić information content (AvgIpc) is 2.85. The standard InChI is InChI=1S/C15H21NO2S/c1-3-4-7-18-14-8-11(5-6-13(14)17-2)12-9-15(19)16-10-12/h5-6,8,12H,3-4,7,9-10H2,1-2H3,(H,16,19). The Labute approximate surface area is 120 Å². The Morgan fingerprint density at radius 2 is 2.21 bits per heavy atom. The van der Waals surface area contributed by atoms with E-state index in [-0.39, 0.29) is 0 Å². The van der Waals surface area contributed by atoms with Crippen molar-refractivity contribution in [2.75, 3.05) is 20.3 Å². The van der Waals surface area contributed by atoms with Crippen molar-refractivity contribution in [1.29, 1.82) is 0 Å². The summed E-state index contributed by atoms with van der Waals surface area (Å²) in [5, 5.41) is 3.23. The molecule has 2 rings (SSSR count). The summed E-state index contributed by atoms with van der Waals surface area (Å²) in [5.74, 6) is 2.09. The van der Waals surface area contributed by atoms with E-state index in [0.29, 0.717) is 5.92 Å². The molecule has 1 N–H and O–H groups in total. The molecule has 0 radical (unpaired) electrons. The molecule has 3 nitrogen and oxygen atoms in total. The molecule has 19 heavy (non-hydrogen) atoms. The monoisotopic (exact) mass is 279 g/mol. The third-order valence-corrected chi connectivity index (χ3v) is 3.70. The van der Waals surface area contributed by atoms with E-state index >= 15 is 0 Å². The molecule has 1 atom stereocenters. The topological polar surface area (TPSA) is 30.5 Å². The van der Waals surface area contributed by atoms with Crippen molar-refractivity contribution in [3.05, 3.63) is 23.8 Å². The lowest BCUT2D eigenvalue weighted by atomic mass is 9.98. The van der Waals surface area contributed by atoms with Crippen LogP contribution in [0.2, 0.25) is 0 Å². The maximum Gasteiger partial charge on any atom is 0.161 e. The summed E-state index contributed by atoms with van der Waals surface area (Å²) < 4.78 is 11.2. The number of thiocarbonyl (C=S) groups is 1. The van der Waals surface area contributed by atoms with Crippen LogP contribution in [0.1, 0.15) is 37.7 Å². The number of methoxy groups -OCH3 is 1. The number of ether oxygens (including phenoxy) is 2. The zero-order valence-electron chi connectivity index (χ0n) is 11.6. The van der Waals surface area contributed by atoms with Crippen LogP contribution in [0.25, 0.3) is 0 Å². The summed E-state index contributed by atoms with van der Waals surface area (Å²) in [4.78, 5) is 0.953. The maximum atomic E-state index is 5.82. The van der Waals surface area contributed by atoms with Crippen molar-refractivity contribution in [2.45, 2.75) is 32.1 Å². The van der Waals surface area contributed by atoms with Gasteiger partial charge in [-0.2, -0.15) is 0 Å². The van der Waals surface area contributed by atoms with Gasteiger partial charge in [0.05, 0.1) is 18.7 Å². The molecule has 0 aliphatic carbocycles. The first kappa shape index (κ1) is 14.1. The van der Waals surface area contributed by atoms with Crippen LogP contribution < -0.4 is 14.8 Å². The van der Waals surface area contributed by atoms with Gasteiger partial charge in [0.2, 0.25) is 0 Å². The fourth-order valence-electron chi connectivity index (χ4n) is 2.23. The Bertz CT molecular complexity index is 448. The normalized spacial score (nSPS) is 18.2. The first-order valence-electron chi connectivity index (χ1n) is 6.82. The van der Waals surface area contributed by atoms with Gasteiger partial charge >= 0.3 is 0 Å². The van der Waals surface area contributed by atoms with E-state index in [9.17, 15) is 0 Å². The summed E-state index contributed by atoms with van der Waals surface area (Å²) in [6.07, 6.45) is 3.11. The van der Waals surface area contributed by atoms with E-state index in [2.05, 4.69) is 24.4 Å². The smallest absolute Gasteiger partial charge is 0.161 e. The lowest BCUT2D eigenvalue weighted by Gasteiger charge is -2.14. The fraction of sp³-hybridized carbons (Fsp3) is 0.533. The summed E-state index contributed by atoms with van der Waals surface area (Å²) in [7, 11) is 1.67. The fourth-order valence-corrected chi connectivity index (χ4v) is 2.51. The van der Waals surface area contributed by atoms with Crippen molar-refractivity contribution < 1.29 is 9.47 Å². The average molecular weight is 279 g/mol. The second-order valence-electron chi connectivity index (χ2n) is 4.82. The molecule has 104 valence electrons. The van der Waals surface area contributed by atoms with Crippen LogP contribution in [0.15, 0.2) is 18.2 Å². The Morgan fingerprint density at radius 3 is 2.84 bits per heavy atom. The van der Waals surface area contributed by atoms with Gasteiger partial charge in [0, 0.05) is 18.9 Å². The Kier molecular flexibility index (Phi) is 5.02. The van der Waals surface area contributed by atoms with Crippen LogP contribution in [-0.2, 0) is 0 Å². The lowest BCUT2D eigenvalue weighted by Crippen LogP contribution is -2.11. The third-order valence-electron chi connectivity index (χ3n) is 3.39. The number of hydrogen-bond acceptors (Lipinski definition) is 3. The molecule has 0 aromatic heterocycles. The lowest BCUT2D eigenvalue weighted by molar-refractivity contribution is 0.288. The van der Waals surface area contributed by atoms with Crippen molar-refractivity contribution in [3.63, 3.8) is 0 Å². The van der Waals surface area contributed by atoms with Gasteiger partial charge in [-0.05, 0) is 24.1 Å². The van der Waals surface area contributed by atoms with Gasteiger partial charge in [-0.15, -0.1) is 0 Å². The number of hydrogen-bond donors (Lipinski definition) is 1. The largest absolute Gasteiger partial charge is 0.493 e. The number of unbranched alkanes of at least 4 members (excludes halogenated alkanes) is 1. The number of rotatable bonds is 6. The van der Waals surface area contributed by atoms with E-state index in [4.69, 9.17) is 21.7 Å². The van der Waals surface area contributed by atoms with E-state index in [1.807, 2.05) is 6.07 Å². The van der Waals surface area contributed by atoms with Crippen molar-refractivity contribution >= 4 is 17.2 Å².